The van der Waals surface area contributed by atoms with Gasteiger partial charge in [0.1, 0.15) is 11.5 Å². The van der Waals surface area contributed by atoms with Crippen molar-refractivity contribution in [1.82, 2.24) is 10.2 Å². The van der Waals surface area contributed by atoms with Crippen molar-refractivity contribution in [2.75, 3.05) is 39.9 Å². The van der Waals surface area contributed by atoms with Crippen LogP contribution in [0.1, 0.15) is 32.6 Å². The topological polar surface area (TPSA) is 50.8 Å². The predicted octanol–water partition coefficient (Wildman–Crippen LogP) is 3.12. The van der Waals surface area contributed by atoms with Crippen molar-refractivity contribution in [1.29, 1.82) is 0 Å². The molecule has 0 atom stereocenters. The number of piperidine rings is 1. The number of amides is 1. The fraction of sp³-hybridized carbons (Fsp3) is 0.632. The molecule has 0 radical (unpaired) electrons. The van der Waals surface area contributed by atoms with Gasteiger partial charge >= 0.3 is 0 Å². The first-order valence-electron chi connectivity index (χ1n) is 9.01. The molecule has 1 aliphatic rings. The Morgan fingerprint density at radius 1 is 1.16 bits per heavy atom. The van der Waals surface area contributed by atoms with Gasteiger partial charge in [-0.05, 0) is 70.0 Å². The molecule has 0 aliphatic carbocycles. The average molecular weight is 371 g/mol. The number of ether oxygens (including phenoxy) is 2. The van der Waals surface area contributed by atoms with Gasteiger partial charge in [-0.2, -0.15) is 0 Å². The molecule has 6 heteroatoms. The van der Waals surface area contributed by atoms with Crippen LogP contribution in [-0.4, -0.2) is 50.7 Å². The third-order valence-electron chi connectivity index (χ3n) is 4.40. The summed E-state index contributed by atoms with van der Waals surface area (Å²) in [4.78, 5) is 14.2. The molecule has 1 aromatic carbocycles. The third kappa shape index (κ3) is 7.53. The van der Waals surface area contributed by atoms with E-state index in [4.69, 9.17) is 9.47 Å². The first-order chi connectivity index (χ1) is 11.7. The van der Waals surface area contributed by atoms with Gasteiger partial charge < -0.3 is 19.7 Å². The molecule has 2 rings (SSSR count). The van der Waals surface area contributed by atoms with Gasteiger partial charge in [0.15, 0.2) is 0 Å². The maximum Gasteiger partial charge on any atom is 0.222 e. The first-order valence-corrected chi connectivity index (χ1v) is 9.01. The number of nitrogens with one attached hydrogen (secondary N) is 1. The van der Waals surface area contributed by atoms with Crippen LogP contribution in [0.4, 0.5) is 0 Å². The fourth-order valence-corrected chi connectivity index (χ4v) is 3.05. The smallest absolute Gasteiger partial charge is 0.222 e. The zero-order chi connectivity index (χ0) is 17.2. The molecule has 1 aliphatic heterocycles. The van der Waals surface area contributed by atoms with Crippen LogP contribution >= 0.6 is 12.4 Å². The number of rotatable bonds is 9. The van der Waals surface area contributed by atoms with Gasteiger partial charge in [0.25, 0.3) is 0 Å². The molecule has 5 nitrogen and oxygen atoms in total. The number of likely N-dealkylation sites (tertiary alicyclic amines) is 1. The lowest BCUT2D eigenvalue weighted by molar-refractivity contribution is -0.132. The summed E-state index contributed by atoms with van der Waals surface area (Å²) in [5.41, 5.74) is 0. The molecule has 0 saturated carbocycles. The van der Waals surface area contributed by atoms with Gasteiger partial charge in [-0.15, -0.1) is 12.4 Å². The zero-order valence-electron chi connectivity index (χ0n) is 15.3. The van der Waals surface area contributed by atoms with Gasteiger partial charge in [0.2, 0.25) is 5.91 Å². The second kappa shape index (κ2) is 12.0. The highest BCUT2D eigenvalue weighted by atomic mass is 35.5. The maximum absolute atomic E-state index is 12.2. The van der Waals surface area contributed by atoms with E-state index >= 15 is 0 Å². The maximum atomic E-state index is 12.2. The minimum atomic E-state index is 0. The Kier molecular flexibility index (Phi) is 10.3. The van der Waals surface area contributed by atoms with Gasteiger partial charge in [-0.3, -0.25) is 4.79 Å². The van der Waals surface area contributed by atoms with Crippen LogP contribution in [0, 0.1) is 5.92 Å². The van der Waals surface area contributed by atoms with E-state index in [0.29, 0.717) is 25.6 Å². The SMILES string of the molecule is CCOc1ccc(OCCCC(=O)N2CCC(CNC)CC2)cc1.Cl. The summed E-state index contributed by atoms with van der Waals surface area (Å²) in [5, 5.41) is 3.22. The van der Waals surface area contributed by atoms with Gasteiger partial charge in [0.05, 0.1) is 13.2 Å². The summed E-state index contributed by atoms with van der Waals surface area (Å²) in [6.07, 6.45) is 3.53. The summed E-state index contributed by atoms with van der Waals surface area (Å²) < 4.78 is 11.1. The monoisotopic (exact) mass is 370 g/mol. The summed E-state index contributed by atoms with van der Waals surface area (Å²) in [6, 6.07) is 7.61. The van der Waals surface area contributed by atoms with E-state index in [9.17, 15) is 4.79 Å². The third-order valence-corrected chi connectivity index (χ3v) is 4.40. The van der Waals surface area contributed by atoms with E-state index in [0.717, 1.165) is 50.4 Å². The Bertz CT molecular complexity index is 488. The van der Waals surface area contributed by atoms with Crippen molar-refractivity contribution in [2.24, 2.45) is 5.92 Å². The Hall–Kier alpha value is -1.46. The van der Waals surface area contributed by atoms with Crippen LogP contribution in [-0.2, 0) is 4.79 Å². The van der Waals surface area contributed by atoms with Crippen LogP contribution in [0.5, 0.6) is 11.5 Å². The van der Waals surface area contributed by atoms with E-state index in [1.165, 1.54) is 0 Å². The predicted molar refractivity (Wildman–Crippen MR) is 103 cm³/mol. The van der Waals surface area contributed by atoms with E-state index in [1.807, 2.05) is 43.1 Å². The first kappa shape index (κ1) is 21.6. The van der Waals surface area contributed by atoms with Crippen LogP contribution in [0.2, 0.25) is 0 Å². The largest absolute Gasteiger partial charge is 0.494 e. The molecule has 1 N–H and O–H groups in total. The summed E-state index contributed by atoms with van der Waals surface area (Å²) in [5.74, 6) is 2.63. The molecule has 1 aromatic rings. The molecule has 1 saturated heterocycles. The summed E-state index contributed by atoms with van der Waals surface area (Å²) >= 11 is 0. The molecule has 1 amide bonds. The quantitative estimate of drug-likeness (QED) is 0.678. The lowest BCUT2D eigenvalue weighted by atomic mass is 9.96. The Morgan fingerprint density at radius 3 is 2.32 bits per heavy atom. The van der Waals surface area contributed by atoms with E-state index in [1.54, 1.807) is 0 Å². The molecular formula is C19H31ClN2O3. The number of halogens is 1. The molecule has 0 bridgehead atoms. The lowest BCUT2D eigenvalue weighted by Crippen LogP contribution is -2.40. The van der Waals surface area contributed by atoms with Gasteiger partial charge in [0, 0.05) is 19.5 Å². The highest BCUT2D eigenvalue weighted by molar-refractivity contribution is 5.85. The van der Waals surface area contributed by atoms with Crippen molar-refractivity contribution < 1.29 is 14.3 Å². The second-order valence-electron chi connectivity index (χ2n) is 6.24. The average Bonchev–Trinajstić information content (AvgIpc) is 2.61. The van der Waals surface area contributed by atoms with Gasteiger partial charge in [-0.25, -0.2) is 0 Å². The standard InChI is InChI=1S/C19H30N2O3.ClH/c1-3-23-17-6-8-18(9-7-17)24-14-4-5-19(22)21-12-10-16(11-13-21)15-20-2;/h6-9,16,20H,3-5,10-15H2,1-2H3;1H. The molecule has 142 valence electrons. The van der Waals surface area contributed by atoms with E-state index < -0.39 is 0 Å². The van der Waals surface area contributed by atoms with Crippen LogP contribution < -0.4 is 14.8 Å². The van der Waals surface area contributed by atoms with E-state index in [2.05, 4.69) is 5.32 Å². The molecular weight excluding hydrogens is 340 g/mol. The minimum Gasteiger partial charge on any atom is -0.494 e. The Morgan fingerprint density at radius 2 is 1.76 bits per heavy atom. The molecule has 0 unspecified atom stereocenters. The highest BCUT2D eigenvalue weighted by Crippen LogP contribution is 2.19. The highest BCUT2D eigenvalue weighted by Gasteiger charge is 2.21. The Labute approximate surface area is 157 Å². The molecule has 1 fully saturated rings. The van der Waals surface area contributed by atoms with E-state index in [-0.39, 0.29) is 18.3 Å². The minimum absolute atomic E-state index is 0. The van der Waals surface area contributed by atoms with Crippen LogP contribution in [0.3, 0.4) is 0 Å². The summed E-state index contributed by atoms with van der Waals surface area (Å²) in [6.45, 7) is 6.03. The zero-order valence-corrected chi connectivity index (χ0v) is 16.1. The van der Waals surface area contributed by atoms with Crippen molar-refractivity contribution in [3.63, 3.8) is 0 Å². The number of nitrogens with zero attached hydrogens (tertiary/aromatic N) is 1. The van der Waals surface area contributed by atoms with Crippen LogP contribution in [0.15, 0.2) is 24.3 Å². The van der Waals surface area contributed by atoms with Crippen molar-refractivity contribution in [2.45, 2.75) is 32.6 Å². The number of benzene rings is 1. The normalized spacial score (nSPS) is 14.7. The number of hydrogen-bond acceptors (Lipinski definition) is 4. The molecule has 25 heavy (non-hydrogen) atoms. The second-order valence-corrected chi connectivity index (χ2v) is 6.24. The number of carbonyl (C=O) groups is 1. The fourth-order valence-electron chi connectivity index (χ4n) is 3.05. The van der Waals surface area contributed by atoms with Gasteiger partial charge in [-0.1, -0.05) is 0 Å². The molecule has 0 spiro atoms. The molecule has 1 heterocycles. The molecule has 0 aromatic heterocycles. The summed E-state index contributed by atoms with van der Waals surface area (Å²) in [7, 11) is 1.99. The Balaban J connectivity index is 0.00000312. The van der Waals surface area contributed by atoms with Crippen molar-refractivity contribution in [3.8, 4) is 11.5 Å². The number of carbonyl (C=O) groups excluding carboxylic acids is 1. The lowest BCUT2D eigenvalue weighted by Gasteiger charge is -2.32. The van der Waals surface area contributed by atoms with Crippen molar-refractivity contribution in [3.05, 3.63) is 24.3 Å². The number of hydrogen-bond donors (Lipinski definition) is 1. The van der Waals surface area contributed by atoms with Crippen molar-refractivity contribution >= 4 is 18.3 Å². The van der Waals surface area contributed by atoms with Crippen LogP contribution in [0.25, 0.3) is 0 Å².